The van der Waals surface area contributed by atoms with E-state index in [0.717, 1.165) is 11.1 Å². The normalized spacial score (nSPS) is 15.6. The second kappa shape index (κ2) is 9.46. The quantitative estimate of drug-likeness (QED) is 0.524. The van der Waals surface area contributed by atoms with Crippen LogP contribution in [0.25, 0.3) is 6.08 Å². The summed E-state index contributed by atoms with van der Waals surface area (Å²) in [5, 5.41) is 0. The molecule has 0 N–H and O–H groups in total. The number of ether oxygens (including phenoxy) is 3. The molecule has 0 saturated carbocycles. The van der Waals surface area contributed by atoms with Crippen molar-refractivity contribution in [1.82, 2.24) is 4.57 Å². The molecule has 0 spiro atoms. The summed E-state index contributed by atoms with van der Waals surface area (Å²) in [7, 11) is 3.18. The van der Waals surface area contributed by atoms with Crippen molar-refractivity contribution in [3.05, 3.63) is 90.6 Å². The van der Waals surface area contributed by atoms with Gasteiger partial charge in [-0.25, -0.2) is 9.79 Å². The maximum Gasteiger partial charge on any atom is 0.338 e. The maximum atomic E-state index is 13.6. The molecule has 0 saturated heterocycles. The van der Waals surface area contributed by atoms with Crippen LogP contribution in [0.4, 0.5) is 0 Å². The van der Waals surface area contributed by atoms with E-state index in [1.807, 2.05) is 36.4 Å². The van der Waals surface area contributed by atoms with E-state index in [0.29, 0.717) is 32.1 Å². The Kier molecular flexibility index (Phi) is 6.46. The number of hydrogen-bond donors (Lipinski definition) is 0. The largest absolute Gasteiger partial charge is 0.497 e. The average molecular weight is 465 g/mol. The standard InChI is InChI=1S/C25H24N2O5S/c1-5-32-24(29)21-15(2)26-25-27(22(21)16-10-12-18(30-3)13-11-16)23(28)20(33-25)14-17-8-6-7-9-19(17)31-4/h6-14,22H,5H2,1-4H3/b20-14-/t22-/m0/s1. The predicted octanol–water partition coefficient (Wildman–Crippen LogP) is 2.82. The van der Waals surface area contributed by atoms with E-state index in [9.17, 15) is 9.59 Å². The van der Waals surface area contributed by atoms with Gasteiger partial charge in [0.25, 0.3) is 5.56 Å². The predicted molar refractivity (Wildman–Crippen MR) is 126 cm³/mol. The van der Waals surface area contributed by atoms with Gasteiger partial charge in [0.05, 0.1) is 42.7 Å². The number of esters is 1. The third-order valence-electron chi connectivity index (χ3n) is 5.37. The Balaban J connectivity index is 1.95. The number of fused-ring (bicyclic) bond motifs is 1. The molecule has 1 atom stereocenters. The van der Waals surface area contributed by atoms with Gasteiger partial charge in [0.2, 0.25) is 0 Å². The summed E-state index contributed by atoms with van der Waals surface area (Å²) < 4.78 is 18.1. The highest BCUT2D eigenvalue weighted by Crippen LogP contribution is 2.31. The number of para-hydroxylation sites is 1. The molecule has 1 aliphatic rings. The van der Waals surface area contributed by atoms with E-state index in [-0.39, 0.29) is 12.2 Å². The molecular weight excluding hydrogens is 440 g/mol. The molecule has 7 nitrogen and oxygen atoms in total. The molecule has 2 heterocycles. The van der Waals surface area contributed by atoms with E-state index < -0.39 is 12.0 Å². The number of methoxy groups -OCH3 is 2. The van der Waals surface area contributed by atoms with Crippen LogP contribution in [-0.2, 0) is 9.53 Å². The number of allylic oxidation sites excluding steroid dienone is 1. The van der Waals surface area contributed by atoms with E-state index in [1.54, 1.807) is 50.8 Å². The van der Waals surface area contributed by atoms with Gasteiger partial charge in [-0.1, -0.05) is 41.7 Å². The SMILES string of the molecule is CCOC(=O)C1=C(C)N=c2s/c(=C\c3ccccc3OC)c(=O)n2[C@H]1c1ccc(OC)cc1. The minimum absolute atomic E-state index is 0.225. The second-order valence-corrected chi connectivity index (χ2v) is 8.33. The number of thiazole rings is 1. The Morgan fingerprint density at radius 2 is 1.85 bits per heavy atom. The van der Waals surface area contributed by atoms with Crippen LogP contribution in [0.2, 0.25) is 0 Å². The van der Waals surface area contributed by atoms with Crippen LogP contribution < -0.4 is 24.4 Å². The van der Waals surface area contributed by atoms with Crippen molar-refractivity contribution in [3.63, 3.8) is 0 Å². The lowest BCUT2D eigenvalue weighted by atomic mass is 9.96. The second-order valence-electron chi connectivity index (χ2n) is 7.32. The van der Waals surface area contributed by atoms with Gasteiger partial charge in [0.1, 0.15) is 11.5 Å². The Bertz CT molecular complexity index is 1400. The summed E-state index contributed by atoms with van der Waals surface area (Å²) in [5.41, 5.74) is 2.18. The number of rotatable bonds is 6. The minimum Gasteiger partial charge on any atom is -0.497 e. The zero-order chi connectivity index (χ0) is 23.5. The van der Waals surface area contributed by atoms with Gasteiger partial charge in [0.15, 0.2) is 4.80 Å². The van der Waals surface area contributed by atoms with E-state index in [2.05, 4.69) is 4.99 Å². The number of aromatic nitrogens is 1. The van der Waals surface area contributed by atoms with E-state index >= 15 is 0 Å². The fourth-order valence-corrected chi connectivity index (χ4v) is 4.86. The summed E-state index contributed by atoms with van der Waals surface area (Å²) in [5.74, 6) is 0.859. The summed E-state index contributed by atoms with van der Waals surface area (Å²) in [4.78, 5) is 31.6. The first-order valence-electron chi connectivity index (χ1n) is 10.4. The molecule has 4 rings (SSSR count). The molecule has 1 aliphatic heterocycles. The molecule has 170 valence electrons. The molecule has 2 aromatic carbocycles. The first kappa shape index (κ1) is 22.5. The summed E-state index contributed by atoms with van der Waals surface area (Å²) in [6.07, 6.45) is 1.79. The van der Waals surface area contributed by atoms with Crippen LogP contribution >= 0.6 is 11.3 Å². The van der Waals surface area contributed by atoms with Gasteiger partial charge in [0, 0.05) is 5.56 Å². The Hall–Kier alpha value is -3.65. The van der Waals surface area contributed by atoms with Crippen LogP contribution in [0.3, 0.4) is 0 Å². The summed E-state index contributed by atoms with van der Waals surface area (Å²) in [6, 6.07) is 14.1. The van der Waals surface area contributed by atoms with Crippen LogP contribution in [0.1, 0.15) is 31.0 Å². The van der Waals surface area contributed by atoms with Crippen molar-refractivity contribution in [3.8, 4) is 11.5 Å². The van der Waals surface area contributed by atoms with E-state index in [1.165, 1.54) is 11.3 Å². The van der Waals surface area contributed by atoms with Crippen LogP contribution in [-0.4, -0.2) is 31.4 Å². The van der Waals surface area contributed by atoms with Crippen LogP contribution in [0.15, 0.2) is 69.6 Å². The van der Waals surface area contributed by atoms with Crippen LogP contribution in [0, 0.1) is 0 Å². The molecule has 0 amide bonds. The lowest BCUT2D eigenvalue weighted by molar-refractivity contribution is -0.139. The smallest absolute Gasteiger partial charge is 0.338 e. The monoisotopic (exact) mass is 464 g/mol. The molecule has 0 fully saturated rings. The number of hydrogen-bond acceptors (Lipinski definition) is 7. The molecule has 0 aliphatic carbocycles. The van der Waals surface area contributed by atoms with Crippen molar-refractivity contribution >= 4 is 23.4 Å². The van der Waals surface area contributed by atoms with Crippen molar-refractivity contribution < 1.29 is 19.0 Å². The highest BCUT2D eigenvalue weighted by molar-refractivity contribution is 7.07. The molecule has 1 aromatic heterocycles. The van der Waals surface area contributed by atoms with Crippen molar-refractivity contribution in [2.75, 3.05) is 20.8 Å². The Labute approximate surface area is 194 Å². The molecular formula is C25H24N2O5S. The fraction of sp³-hybridized carbons (Fsp3) is 0.240. The number of carbonyl (C=O) groups excluding carboxylic acids is 1. The summed E-state index contributed by atoms with van der Waals surface area (Å²) >= 11 is 1.27. The molecule has 0 radical (unpaired) electrons. The molecule has 3 aromatic rings. The van der Waals surface area contributed by atoms with Gasteiger partial charge >= 0.3 is 5.97 Å². The van der Waals surface area contributed by atoms with Gasteiger partial charge in [-0.15, -0.1) is 0 Å². The first-order chi connectivity index (χ1) is 16.0. The van der Waals surface area contributed by atoms with Crippen molar-refractivity contribution in [2.24, 2.45) is 4.99 Å². The van der Waals surface area contributed by atoms with Crippen molar-refractivity contribution in [2.45, 2.75) is 19.9 Å². The Morgan fingerprint density at radius 3 is 2.52 bits per heavy atom. The number of benzene rings is 2. The fourth-order valence-electron chi connectivity index (χ4n) is 3.82. The highest BCUT2D eigenvalue weighted by Gasteiger charge is 2.33. The van der Waals surface area contributed by atoms with Gasteiger partial charge in [-0.2, -0.15) is 0 Å². The Morgan fingerprint density at radius 1 is 1.12 bits per heavy atom. The van der Waals surface area contributed by atoms with Crippen LogP contribution in [0.5, 0.6) is 11.5 Å². The number of carbonyl (C=O) groups is 1. The van der Waals surface area contributed by atoms with Crippen molar-refractivity contribution in [1.29, 1.82) is 0 Å². The van der Waals surface area contributed by atoms with Gasteiger partial charge in [-0.05, 0) is 43.7 Å². The number of nitrogens with zero attached hydrogens (tertiary/aromatic N) is 2. The molecule has 0 unspecified atom stereocenters. The molecule has 33 heavy (non-hydrogen) atoms. The average Bonchev–Trinajstić information content (AvgIpc) is 3.13. The molecule has 0 bridgehead atoms. The maximum absolute atomic E-state index is 13.6. The minimum atomic E-state index is -0.661. The summed E-state index contributed by atoms with van der Waals surface area (Å²) in [6.45, 7) is 3.74. The molecule has 8 heteroatoms. The van der Waals surface area contributed by atoms with Gasteiger partial charge < -0.3 is 14.2 Å². The zero-order valence-corrected chi connectivity index (χ0v) is 19.6. The van der Waals surface area contributed by atoms with E-state index in [4.69, 9.17) is 14.2 Å². The zero-order valence-electron chi connectivity index (χ0n) is 18.8. The highest BCUT2D eigenvalue weighted by atomic mass is 32.1. The topological polar surface area (TPSA) is 79.1 Å². The first-order valence-corrected chi connectivity index (χ1v) is 11.3. The third kappa shape index (κ3) is 4.21. The third-order valence-corrected chi connectivity index (χ3v) is 6.36. The van der Waals surface area contributed by atoms with Gasteiger partial charge in [-0.3, -0.25) is 9.36 Å². The lowest BCUT2D eigenvalue weighted by Gasteiger charge is -2.24. The lowest BCUT2D eigenvalue weighted by Crippen LogP contribution is -2.39.